The Kier molecular flexibility index (Phi) is 4.63. The molecular formula is C18H17Cl2N2O2+. The lowest BCUT2D eigenvalue weighted by atomic mass is 10.1. The minimum absolute atomic E-state index is 0.404. The van der Waals surface area contributed by atoms with Gasteiger partial charge in [0.05, 0.1) is 28.3 Å². The maximum absolute atomic E-state index is 12.3. The molecule has 1 unspecified atom stereocenters. The van der Waals surface area contributed by atoms with Crippen molar-refractivity contribution in [2.75, 3.05) is 18.6 Å². The smallest absolute Gasteiger partial charge is 0.303 e. The van der Waals surface area contributed by atoms with E-state index in [0.29, 0.717) is 34.5 Å². The van der Waals surface area contributed by atoms with Crippen LogP contribution in [0.4, 0.5) is 5.69 Å². The second kappa shape index (κ2) is 6.55. The maximum Gasteiger partial charge on any atom is 0.303 e. The Hall–Kier alpha value is -1.88. The van der Waals surface area contributed by atoms with Gasteiger partial charge >= 0.3 is 5.91 Å². The van der Waals surface area contributed by atoms with Crippen LogP contribution in [0.25, 0.3) is 0 Å². The predicted molar refractivity (Wildman–Crippen MR) is 94.9 cm³/mol. The van der Waals surface area contributed by atoms with Crippen LogP contribution in [0.3, 0.4) is 0 Å². The first-order valence-electron chi connectivity index (χ1n) is 7.59. The van der Waals surface area contributed by atoms with Gasteiger partial charge < -0.3 is 4.90 Å². The number of carbonyl (C=O) groups excluding carboxylic acids is 2. The molecule has 0 radical (unpaired) electrons. The summed E-state index contributed by atoms with van der Waals surface area (Å²) in [7, 11) is 1.96. The first kappa shape index (κ1) is 17.0. The van der Waals surface area contributed by atoms with Gasteiger partial charge in [-0.15, -0.1) is 0 Å². The number of hydrogen-bond acceptors (Lipinski definition) is 2. The molecule has 24 heavy (non-hydrogen) atoms. The minimum Gasteiger partial charge on any atom is -0.316 e. The molecule has 0 spiro atoms. The van der Waals surface area contributed by atoms with E-state index in [0.717, 1.165) is 16.0 Å². The van der Waals surface area contributed by atoms with Gasteiger partial charge in [-0.3, -0.25) is 14.5 Å². The third-order valence-electron chi connectivity index (χ3n) is 4.04. The molecule has 0 saturated heterocycles. The van der Waals surface area contributed by atoms with E-state index in [1.165, 1.54) is 0 Å². The minimum atomic E-state index is -0.468. The average Bonchev–Trinajstić information content (AvgIpc) is 2.76. The molecular weight excluding hydrogens is 347 g/mol. The van der Waals surface area contributed by atoms with Gasteiger partial charge in [0.2, 0.25) is 0 Å². The van der Waals surface area contributed by atoms with Crippen molar-refractivity contribution in [2.45, 2.75) is 13.5 Å². The molecule has 0 bridgehead atoms. The Balaban J connectivity index is 1.77. The van der Waals surface area contributed by atoms with Gasteiger partial charge in [-0.2, -0.15) is 0 Å². The van der Waals surface area contributed by atoms with Crippen molar-refractivity contribution in [3.05, 3.63) is 63.1 Å². The predicted octanol–water partition coefficient (Wildman–Crippen LogP) is 2.50. The molecule has 2 aromatic carbocycles. The van der Waals surface area contributed by atoms with E-state index >= 15 is 0 Å². The molecule has 1 aliphatic rings. The van der Waals surface area contributed by atoms with Crippen molar-refractivity contribution in [3.8, 4) is 0 Å². The van der Waals surface area contributed by atoms with Crippen molar-refractivity contribution in [1.82, 2.24) is 0 Å². The third kappa shape index (κ3) is 3.18. The van der Waals surface area contributed by atoms with E-state index < -0.39 is 11.7 Å². The van der Waals surface area contributed by atoms with Crippen LogP contribution < -0.4 is 9.80 Å². The van der Waals surface area contributed by atoms with Crippen LogP contribution in [-0.4, -0.2) is 25.4 Å². The van der Waals surface area contributed by atoms with Crippen molar-refractivity contribution < 1.29 is 14.5 Å². The fourth-order valence-corrected chi connectivity index (χ4v) is 3.22. The van der Waals surface area contributed by atoms with Crippen molar-refractivity contribution in [1.29, 1.82) is 0 Å². The van der Waals surface area contributed by atoms with Crippen LogP contribution in [0.2, 0.25) is 10.0 Å². The maximum atomic E-state index is 12.3. The van der Waals surface area contributed by atoms with Gasteiger partial charge in [-0.05, 0) is 31.2 Å². The zero-order valence-electron chi connectivity index (χ0n) is 13.4. The molecule has 1 heterocycles. The number of Topliss-reactive ketones (excluding diaryl/α,β-unsaturated/α-hetero) is 1. The van der Waals surface area contributed by atoms with Crippen molar-refractivity contribution in [3.63, 3.8) is 0 Å². The van der Waals surface area contributed by atoms with Gasteiger partial charge in [0.15, 0.2) is 6.67 Å². The molecule has 0 fully saturated rings. The zero-order valence-corrected chi connectivity index (χ0v) is 14.9. The number of rotatable bonds is 4. The number of benzene rings is 2. The van der Waals surface area contributed by atoms with Gasteiger partial charge in [-0.25, -0.2) is 0 Å². The number of carbonyl (C=O) groups is 2. The first-order chi connectivity index (χ1) is 11.4. The molecule has 0 aliphatic carbocycles. The van der Waals surface area contributed by atoms with Crippen LogP contribution in [0.15, 0.2) is 36.4 Å². The van der Waals surface area contributed by atoms with Crippen LogP contribution in [0, 0.1) is 6.92 Å². The fourth-order valence-electron chi connectivity index (χ4n) is 2.90. The number of halogens is 2. The Bertz CT molecular complexity index is 836. The number of quaternary nitrogens is 1. The Morgan fingerprint density at radius 1 is 1.04 bits per heavy atom. The first-order valence-corrected chi connectivity index (χ1v) is 8.34. The van der Waals surface area contributed by atoms with Crippen molar-refractivity contribution >= 4 is 40.6 Å². The highest BCUT2D eigenvalue weighted by Crippen LogP contribution is 2.28. The lowest BCUT2D eigenvalue weighted by Crippen LogP contribution is -3.09. The number of aryl methyl sites for hydroxylation is 1. The number of anilines is 1. The zero-order chi connectivity index (χ0) is 17.4. The average molecular weight is 364 g/mol. The van der Waals surface area contributed by atoms with Gasteiger partial charge in [0, 0.05) is 5.56 Å². The largest absolute Gasteiger partial charge is 0.316 e. The SMILES string of the molecule is Cc1ccc2c(c1)C(=O)C(=O)N2C[NH+](C)Cc1ccc(Cl)c(Cl)c1. The van der Waals surface area contributed by atoms with Gasteiger partial charge in [-0.1, -0.05) is 40.9 Å². The normalized spacial score (nSPS) is 14.9. The van der Waals surface area contributed by atoms with E-state index in [1.54, 1.807) is 17.0 Å². The summed E-state index contributed by atoms with van der Waals surface area (Å²) < 4.78 is 0. The second-order valence-electron chi connectivity index (χ2n) is 6.12. The standard InChI is InChI=1S/C18H16Cl2N2O2/c1-11-3-6-16-13(7-11)17(23)18(24)22(16)10-21(2)9-12-4-5-14(19)15(20)8-12/h3-8H,9-10H2,1-2H3/p+1. The summed E-state index contributed by atoms with van der Waals surface area (Å²) in [6.45, 7) is 2.97. The fraction of sp³-hybridized carbons (Fsp3) is 0.222. The Labute approximate surface area is 150 Å². The molecule has 124 valence electrons. The Morgan fingerprint density at radius 3 is 2.50 bits per heavy atom. The monoisotopic (exact) mass is 363 g/mol. The van der Waals surface area contributed by atoms with E-state index in [4.69, 9.17) is 23.2 Å². The van der Waals surface area contributed by atoms with Gasteiger partial charge in [0.25, 0.3) is 5.78 Å². The summed E-state index contributed by atoms with van der Waals surface area (Å²) >= 11 is 12.0. The lowest BCUT2D eigenvalue weighted by Gasteiger charge is -2.22. The van der Waals surface area contributed by atoms with Crippen LogP contribution in [0.1, 0.15) is 21.5 Å². The molecule has 6 heteroatoms. The highest BCUT2D eigenvalue weighted by Gasteiger charge is 2.37. The van der Waals surface area contributed by atoms with Crippen LogP contribution in [-0.2, 0) is 11.3 Å². The third-order valence-corrected chi connectivity index (χ3v) is 4.78. The Morgan fingerprint density at radius 2 is 1.79 bits per heavy atom. The molecule has 4 nitrogen and oxygen atoms in total. The topological polar surface area (TPSA) is 41.8 Å². The molecule has 3 rings (SSSR count). The molecule has 0 aromatic heterocycles. The summed E-state index contributed by atoms with van der Waals surface area (Å²) in [5.74, 6) is -0.903. The number of amides is 1. The molecule has 0 saturated carbocycles. The molecule has 2 aromatic rings. The van der Waals surface area contributed by atoms with Crippen LogP contribution in [0.5, 0.6) is 0 Å². The van der Waals surface area contributed by atoms with E-state index in [-0.39, 0.29) is 0 Å². The summed E-state index contributed by atoms with van der Waals surface area (Å²) in [4.78, 5) is 27.0. The highest BCUT2D eigenvalue weighted by molar-refractivity contribution is 6.52. The number of nitrogens with zero attached hydrogens (tertiary/aromatic N) is 1. The molecule has 1 amide bonds. The summed E-state index contributed by atoms with van der Waals surface area (Å²) in [5, 5.41) is 1.03. The van der Waals surface area contributed by atoms with Crippen molar-refractivity contribution in [2.24, 2.45) is 0 Å². The number of hydrogen-bond donors (Lipinski definition) is 1. The number of fused-ring (bicyclic) bond motifs is 1. The summed E-state index contributed by atoms with van der Waals surface area (Å²) in [6, 6.07) is 11.0. The van der Waals surface area contributed by atoms with Gasteiger partial charge in [0.1, 0.15) is 6.54 Å². The van der Waals surface area contributed by atoms with Crippen LogP contribution >= 0.6 is 23.2 Å². The molecule has 1 aliphatic heterocycles. The lowest BCUT2D eigenvalue weighted by molar-refractivity contribution is -0.892. The second-order valence-corrected chi connectivity index (χ2v) is 6.94. The highest BCUT2D eigenvalue weighted by atomic mass is 35.5. The summed E-state index contributed by atoms with van der Waals surface area (Å²) in [5.41, 5.74) is 3.16. The number of ketones is 1. The molecule has 1 atom stereocenters. The number of nitrogens with one attached hydrogen (secondary N) is 1. The summed E-state index contributed by atoms with van der Waals surface area (Å²) in [6.07, 6.45) is 0. The quantitative estimate of drug-likeness (QED) is 0.848. The van der Waals surface area contributed by atoms with E-state index in [1.807, 2.05) is 38.2 Å². The van der Waals surface area contributed by atoms with E-state index in [2.05, 4.69) is 0 Å². The molecule has 1 N–H and O–H groups in total. The van der Waals surface area contributed by atoms with E-state index in [9.17, 15) is 9.59 Å².